The van der Waals surface area contributed by atoms with Gasteiger partial charge in [0.25, 0.3) is 0 Å². The molecule has 17 heavy (non-hydrogen) atoms. The van der Waals surface area contributed by atoms with Crippen LogP contribution in [-0.2, 0) is 0 Å². The molecule has 1 aliphatic carbocycles. The zero-order chi connectivity index (χ0) is 11.8. The van der Waals surface area contributed by atoms with Crippen LogP contribution in [0.5, 0.6) is 0 Å². The predicted molar refractivity (Wildman–Crippen MR) is 69.9 cm³/mol. The van der Waals surface area contributed by atoms with Gasteiger partial charge in [-0.05, 0) is 31.9 Å². The lowest BCUT2D eigenvalue weighted by Gasteiger charge is -2.02. The Kier molecular flexibility index (Phi) is 2.68. The van der Waals surface area contributed by atoms with Gasteiger partial charge < -0.3 is 5.73 Å². The average molecular weight is 245 g/mol. The molecule has 0 bridgehead atoms. The van der Waals surface area contributed by atoms with Crippen molar-refractivity contribution in [1.82, 2.24) is 9.97 Å². The molecule has 2 aromatic rings. The molecule has 2 heterocycles. The molecule has 3 rings (SSSR count). The molecule has 0 aromatic carbocycles. The fourth-order valence-electron chi connectivity index (χ4n) is 1.93. The van der Waals surface area contributed by atoms with Crippen LogP contribution in [0, 0.1) is 0 Å². The largest absolute Gasteiger partial charge is 0.323 e. The first-order valence-corrected chi connectivity index (χ1v) is 6.74. The van der Waals surface area contributed by atoms with Crippen LogP contribution in [0.2, 0.25) is 0 Å². The summed E-state index contributed by atoms with van der Waals surface area (Å²) in [4.78, 5) is 10.1. The molecule has 3 nitrogen and oxygen atoms in total. The minimum absolute atomic E-state index is 0.0773. The molecule has 0 saturated heterocycles. The zero-order valence-electron chi connectivity index (χ0n) is 9.76. The van der Waals surface area contributed by atoms with Crippen LogP contribution in [0.25, 0.3) is 10.6 Å². The van der Waals surface area contributed by atoms with E-state index in [4.69, 9.17) is 10.7 Å². The minimum Gasteiger partial charge on any atom is -0.323 e. The Morgan fingerprint density at radius 2 is 2.29 bits per heavy atom. The van der Waals surface area contributed by atoms with Gasteiger partial charge in [-0.2, -0.15) is 0 Å². The van der Waals surface area contributed by atoms with Crippen LogP contribution in [0.1, 0.15) is 42.3 Å². The quantitative estimate of drug-likeness (QED) is 0.904. The molecule has 2 N–H and O–H groups in total. The number of aromatic nitrogens is 2. The van der Waals surface area contributed by atoms with Crippen molar-refractivity contribution in [2.45, 2.75) is 31.7 Å². The van der Waals surface area contributed by atoms with Crippen LogP contribution in [0.4, 0.5) is 0 Å². The van der Waals surface area contributed by atoms with Crippen LogP contribution >= 0.6 is 11.3 Å². The van der Waals surface area contributed by atoms with Crippen molar-refractivity contribution in [3.63, 3.8) is 0 Å². The first kappa shape index (κ1) is 10.9. The molecule has 0 spiro atoms. The lowest BCUT2D eigenvalue weighted by Crippen LogP contribution is -2.05. The van der Waals surface area contributed by atoms with Gasteiger partial charge in [0.1, 0.15) is 5.01 Å². The van der Waals surface area contributed by atoms with Crippen molar-refractivity contribution in [3.8, 4) is 10.6 Å². The highest BCUT2D eigenvalue weighted by Gasteiger charge is 2.30. The number of hydrogen-bond donors (Lipinski definition) is 1. The average Bonchev–Trinajstić information content (AvgIpc) is 3.09. The normalized spacial score (nSPS) is 17.1. The summed E-state index contributed by atoms with van der Waals surface area (Å²) in [7, 11) is 0. The lowest BCUT2D eigenvalue weighted by atomic mass is 10.2. The van der Waals surface area contributed by atoms with E-state index < -0.39 is 0 Å². The van der Waals surface area contributed by atoms with Crippen LogP contribution in [0.3, 0.4) is 0 Å². The molecule has 1 unspecified atom stereocenters. The van der Waals surface area contributed by atoms with E-state index >= 15 is 0 Å². The summed E-state index contributed by atoms with van der Waals surface area (Å²) >= 11 is 1.71. The molecule has 0 aliphatic heterocycles. The number of thiazole rings is 1. The molecule has 0 amide bonds. The van der Waals surface area contributed by atoms with E-state index in [9.17, 15) is 0 Å². The Hall–Kier alpha value is -1.26. The fourth-order valence-corrected chi connectivity index (χ4v) is 3.03. The third-order valence-corrected chi connectivity index (χ3v) is 4.29. The van der Waals surface area contributed by atoms with E-state index in [1.165, 1.54) is 23.4 Å². The van der Waals surface area contributed by atoms with Gasteiger partial charge in [0, 0.05) is 34.8 Å². The first-order chi connectivity index (χ1) is 8.25. The molecule has 1 aliphatic rings. The predicted octanol–water partition coefficient (Wildman–Crippen LogP) is 3.10. The van der Waals surface area contributed by atoms with Gasteiger partial charge in [-0.25, -0.2) is 4.98 Å². The summed E-state index contributed by atoms with van der Waals surface area (Å²) in [6.07, 6.45) is 6.16. The third-order valence-electron chi connectivity index (χ3n) is 2.97. The van der Waals surface area contributed by atoms with Crippen molar-refractivity contribution >= 4 is 11.3 Å². The number of pyridine rings is 1. The number of rotatable bonds is 3. The monoisotopic (exact) mass is 245 g/mol. The number of nitrogens with two attached hydrogens (primary N) is 1. The molecule has 4 heteroatoms. The van der Waals surface area contributed by atoms with E-state index in [0.717, 1.165) is 10.6 Å². The van der Waals surface area contributed by atoms with Gasteiger partial charge in [0.15, 0.2) is 0 Å². The smallest absolute Gasteiger partial charge is 0.125 e. The van der Waals surface area contributed by atoms with Crippen molar-refractivity contribution in [2.24, 2.45) is 5.73 Å². The van der Waals surface area contributed by atoms with Gasteiger partial charge in [-0.1, -0.05) is 0 Å². The highest BCUT2D eigenvalue weighted by molar-refractivity contribution is 7.15. The Bertz CT molecular complexity index is 495. The summed E-state index contributed by atoms with van der Waals surface area (Å²) in [5, 5.41) is 1.05. The number of nitrogens with zero attached hydrogens (tertiary/aromatic N) is 2. The molecule has 0 radical (unpaired) electrons. The third kappa shape index (κ3) is 2.10. The van der Waals surface area contributed by atoms with E-state index in [-0.39, 0.29) is 6.04 Å². The Labute approximate surface area is 105 Å². The Morgan fingerprint density at radius 1 is 1.47 bits per heavy atom. The maximum absolute atomic E-state index is 6.03. The molecule has 1 fully saturated rings. The summed E-state index contributed by atoms with van der Waals surface area (Å²) in [6.45, 7) is 2.03. The molecular weight excluding hydrogens is 230 g/mol. The Morgan fingerprint density at radius 3 is 2.88 bits per heavy atom. The van der Waals surface area contributed by atoms with Gasteiger partial charge in [-0.15, -0.1) is 11.3 Å². The fraction of sp³-hybridized carbons (Fsp3) is 0.385. The SMILES string of the molecule is CC(N)c1sc(-c2cccnc2)nc1C1CC1. The van der Waals surface area contributed by atoms with Crippen LogP contribution in [-0.4, -0.2) is 9.97 Å². The Balaban J connectivity index is 2.04. The zero-order valence-corrected chi connectivity index (χ0v) is 10.6. The second kappa shape index (κ2) is 4.20. The maximum atomic E-state index is 6.03. The highest BCUT2D eigenvalue weighted by atomic mass is 32.1. The lowest BCUT2D eigenvalue weighted by molar-refractivity contribution is 0.811. The van der Waals surface area contributed by atoms with Gasteiger partial charge in [0.2, 0.25) is 0 Å². The molecule has 2 aromatic heterocycles. The second-order valence-corrected chi connectivity index (χ2v) is 5.60. The second-order valence-electron chi connectivity index (χ2n) is 4.57. The van der Waals surface area contributed by atoms with E-state index in [1.807, 2.05) is 25.3 Å². The molecule has 88 valence electrons. The van der Waals surface area contributed by atoms with Crippen molar-refractivity contribution in [1.29, 1.82) is 0 Å². The topological polar surface area (TPSA) is 51.8 Å². The summed E-state index contributed by atoms with van der Waals surface area (Å²) in [5.41, 5.74) is 8.34. The van der Waals surface area contributed by atoms with E-state index in [0.29, 0.717) is 5.92 Å². The molecule has 1 atom stereocenters. The summed E-state index contributed by atoms with van der Waals surface area (Å²) < 4.78 is 0. The van der Waals surface area contributed by atoms with E-state index in [2.05, 4.69) is 4.98 Å². The van der Waals surface area contributed by atoms with Crippen LogP contribution in [0.15, 0.2) is 24.5 Å². The molecular formula is C13H15N3S. The van der Waals surface area contributed by atoms with Crippen molar-refractivity contribution < 1.29 is 0 Å². The standard InChI is InChI=1S/C13H15N3S/c1-8(14)12-11(9-4-5-9)16-13(17-12)10-3-2-6-15-7-10/h2-3,6-9H,4-5,14H2,1H3. The van der Waals surface area contributed by atoms with Gasteiger partial charge in [-0.3, -0.25) is 4.98 Å². The van der Waals surface area contributed by atoms with Crippen molar-refractivity contribution in [2.75, 3.05) is 0 Å². The van der Waals surface area contributed by atoms with Gasteiger partial charge >= 0.3 is 0 Å². The summed E-state index contributed by atoms with van der Waals surface area (Å²) in [6, 6.07) is 4.07. The number of hydrogen-bond acceptors (Lipinski definition) is 4. The van der Waals surface area contributed by atoms with Crippen LogP contribution < -0.4 is 5.73 Å². The highest BCUT2D eigenvalue weighted by Crippen LogP contribution is 2.45. The molecule has 1 saturated carbocycles. The van der Waals surface area contributed by atoms with E-state index in [1.54, 1.807) is 17.5 Å². The van der Waals surface area contributed by atoms with Crippen molar-refractivity contribution in [3.05, 3.63) is 35.1 Å². The first-order valence-electron chi connectivity index (χ1n) is 5.92. The van der Waals surface area contributed by atoms with Gasteiger partial charge in [0.05, 0.1) is 5.69 Å². The summed E-state index contributed by atoms with van der Waals surface area (Å²) in [5.74, 6) is 0.651. The maximum Gasteiger partial charge on any atom is 0.125 e. The minimum atomic E-state index is 0.0773.